The number of H-pyrrole nitrogens is 1. The Balaban J connectivity index is 2.12. The number of aliphatic carboxylic acids is 1. The molecule has 0 bridgehead atoms. The summed E-state index contributed by atoms with van der Waals surface area (Å²) in [6, 6.07) is 1.28. The lowest BCUT2D eigenvalue weighted by Gasteiger charge is -2.04. The van der Waals surface area contributed by atoms with Gasteiger partial charge < -0.3 is 15.2 Å². The van der Waals surface area contributed by atoms with Crippen LogP contribution in [0.2, 0.25) is 0 Å². The third-order valence-electron chi connectivity index (χ3n) is 2.64. The largest absolute Gasteiger partial charge is 0.481 e. The maximum Gasteiger partial charge on any atom is 0.342 e. The molecule has 0 spiro atoms. The van der Waals surface area contributed by atoms with Gasteiger partial charge in [-0.25, -0.2) is 0 Å². The zero-order valence-corrected chi connectivity index (χ0v) is 7.77. The molecule has 0 aromatic carbocycles. The molecule has 0 saturated heterocycles. The van der Waals surface area contributed by atoms with Crippen LogP contribution in [0.15, 0.2) is 6.07 Å². The summed E-state index contributed by atoms with van der Waals surface area (Å²) in [4.78, 5) is 20.6. The van der Waals surface area contributed by atoms with Crippen molar-refractivity contribution in [1.82, 2.24) is 10.2 Å². The first-order valence-corrected chi connectivity index (χ1v) is 4.46. The van der Waals surface area contributed by atoms with Crippen molar-refractivity contribution in [2.24, 2.45) is 5.41 Å². The van der Waals surface area contributed by atoms with Crippen LogP contribution in [-0.2, 0) is 11.2 Å². The van der Waals surface area contributed by atoms with Crippen molar-refractivity contribution in [2.45, 2.75) is 19.3 Å². The summed E-state index contributed by atoms with van der Waals surface area (Å²) in [7, 11) is 0. The Hall–Kier alpha value is -1.92. The van der Waals surface area contributed by atoms with E-state index in [4.69, 9.17) is 5.11 Å². The second kappa shape index (κ2) is 3.04. The number of hydrogen-bond acceptors (Lipinski definition) is 4. The van der Waals surface area contributed by atoms with E-state index in [1.807, 2.05) is 0 Å². The number of rotatable bonds is 4. The van der Waals surface area contributed by atoms with Gasteiger partial charge >= 0.3 is 11.8 Å². The molecule has 0 amide bonds. The fourth-order valence-electron chi connectivity index (χ4n) is 1.50. The lowest BCUT2D eigenvalue weighted by atomic mass is 10.0. The molecule has 0 radical (unpaired) electrons. The van der Waals surface area contributed by atoms with Crippen molar-refractivity contribution < 1.29 is 14.8 Å². The van der Waals surface area contributed by atoms with E-state index in [1.54, 1.807) is 0 Å². The standard InChI is InChI=1S/C8H9N3O4/c12-7(13)8(1-2-8)4-5-3-6(10-9-5)11(14)15/h3H,1-2,4H2,(H,9,10)(H,12,13). The van der Waals surface area contributed by atoms with Gasteiger partial charge in [0, 0.05) is 6.42 Å². The Morgan fingerprint density at radius 1 is 1.73 bits per heavy atom. The van der Waals surface area contributed by atoms with Crippen LogP contribution in [0.5, 0.6) is 0 Å². The minimum absolute atomic E-state index is 0.203. The van der Waals surface area contributed by atoms with E-state index in [0.29, 0.717) is 18.5 Å². The summed E-state index contributed by atoms with van der Waals surface area (Å²) in [5.74, 6) is -1.06. The average Bonchev–Trinajstić information content (AvgIpc) is 2.76. The van der Waals surface area contributed by atoms with E-state index in [2.05, 4.69) is 10.2 Å². The molecule has 1 heterocycles. The van der Waals surface area contributed by atoms with E-state index in [-0.39, 0.29) is 12.2 Å². The summed E-state index contributed by atoms with van der Waals surface area (Å²) in [6.45, 7) is 0. The third-order valence-corrected chi connectivity index (χ3v) is 2.64. The highest BCUT2D eigenvalue weighted by atomic mass is 16.6. The molecule has 2 N–H and O–H groups in total. The van der Waals surface area contributed by atoms with Crippen molar-refractivity contribution in [3.63, 3.8) is 0 Å². The van der Waals surface area contributed by atoms with E-state index in [9.17, 15) is 14.9 Å². The molecule has 1 aromatic heterocycles. The second-order valence-corrected chi connectivity index (χ2v) is 3.76. The van der Waals surface area contributed by atoms with Crippen LogP contribution in [0.4, 0.5) is 5.82 Å². The minimum atomic E-state index is -0.854. The number of aromatic amines is 1. The highest BCUT2D eigenvalue weighted by Gasteiger charge is 2.50. The fourth-order valence-corrected chi connectivity index (χ4v) is 1.50. The summed E-state index contributed by atoms with van der Waals surface area (Å²) in [6.07, 6.45) is 1.48. The number of carboxylic acid groups (broad SMARTS) is 1. The number of hydrogen-bond donors (Lipinski definition) is 2. The van der Waals surface area contributed by atoms with E-state index < -0.39 is 16.3 Å². The zero-order chi connectivity index (χ0) is 11.1. The molecule has 7 nitrogen and oxygen atoms in total. The number of aromatic nitrogens is 2. The number of nitrogens with zero attached hydrogens (tertiary/aromatic N) is 2. The zero-order valence-electron chi connectivity index (χ0n) is 7.77. The Morgan fingerprint density at radius 3 is 2.80 bits per heavy atom. The van der Waals surface area contributed by atoms with Gasteiger partial charge in [-0.05, 0) is 17.8 Å². The molecule has 1 fully saturated rings. The van der Waals surface area contributed by atoms with Crippen LogP contribution >= 0.6 is 0 Å². The highest BCUT2D eigenvalue weighted by Crippen LogP contribution is 2.48. The summed E-state index contributed by atoms with van der Waals surface area (Å²) in [5, 5.41) is 25.2. The lowest BCUT2D eigenvalue weighted by molar-refractivity contribution is -0.389. The first-order valence-electron chi connectivity index (χ1n) is 4.46. The molecule has 1 aliphatic carbocycles. The first-order chi connectivity index (χ1) is 7.03. The highest BCUT2D eigenvalue weighted by molar-refractivity contribution is 5.78. The Kier molecular flexibility index (Phi) is 1.95. The van der Waals surface area contributed by atoms with Gasteiger partial charge in [0.1, 0.15) is 0 Å². The lowest BCUT2D eigenvalue weighted by Crippen LogP contribution is -2.17. The molecule has 0 unspecified atom stereocenters. The maximum atomic E-state index is 10.9. The van der Waals surface area contributed by atoms with Crippen molar-refractivity contribution >= 4 is 11.8 Å². The fraction of sp³-hybridized carbons (Fsp3) is 0.500. The Bertz CT molecular complexity index is 421. The maximum absolute atomic E-state index is 10.9. The van der Waals surface area contributed by atoms with Gasteiger partial charge in [0.05, 0.1) is 17.2 Å². The molecule has 0 atom stereocenters. The normalized spacial score (nSPS) is 17.3. The van der Waals surface area contributed by atoms with Gasteiger partial charge in [-0.2, -0.15) is 0 Å². The molecular weight excluding hydrogens is 202 g/mol. The van der Waals surface area contributed by atoms with Crippen LogP contribution in [0, 0.1) is 15.5 Å². The van der Waals surface area contributed by atoms with Crippen LogP contribution in [0.3, 0.4) is 0 Å². The van der Waals surface area contributed by atoms with Crippen molar-refractivity contribution in [2.75, 3.05) is 0 Å². The molecule has 0 aliphatic heterocycles. The van der Waals surface area contributed by atoms with Gasteiger partial charge in [0.15, 0.2) is 0 Å². The predicted octanol–water partition coefficient (Wildman–Crippen LogP) is 0.725. The van der Waals surface area contributed by atoms with Gasteiger partial charge in [-0.15, -0.1) is 5.10 Å². The molecule has 7 heteroatoms. The van der Waals surface area contributed by atoms with Crippen LogP contribution < -0.4 is 0 Å². The van der Waals surface area contributed by atoms with Crippen molar-refractivity contribution in [3.05, 3.63) is 21.9 Å². The van der Waals surface area contributed by atoms with E-state index >= 15 is 0 Å². The minimum Gasteiger partial charge on any atom is -0.481 e. The average molecular weight is 211 g/mol. The SMILES string of the molecule is O=C(O)C1(Cc2cc([N+](=O)[O-])[nH]n2)CC1. The quantitative estimate of drug-likeness (QED) is 0.563. The summed E-state index contributed by atoms with van der Waals surface area (Å²) in [5.41, 5.74) is -0.301. The van der Waals surface area contributed by atoms with Crippen LogP contribution in [0.1, 0.15) is 18.5 Å². The van der Waals surface area contributed by atoms with E-state index in [1.165, 1.54) is 6.07 Å². The molecule has 1 aliphatic rings. The van der Waals surface area contributed by atoms with Gasteiger partial charge in [0.25, 0.3) is 0 Å². The number of carboxylic acids is 1. The van der Waals surface area contributed by atoms with Crippen molar-refractivity contribution in [3.8, 4) is 0 Å². The molecule has 2 rings (SSSR count). The van der Waals surface area contributed by atoms with Crippen molar-refractivity contribution in [1.29, 1.82) is 0 Å². The third kappa shape index (κ3) is 1.67. The van der Waals surface area contributed by atoms with Gasteiger partial charge in [0.2, 0.25) is 0 Å². The number of nitro groups is 1. The molecule has 80 valence electrons. The second-order valence-electron chi connectivity index (χ2n) is 3.76. The number of nitrogens with one attached hydrogen (secondary N) is 1. The monoisotopic (exact) mass is 211 g/mol. The summed E-state index contributed by atoms with van der Waals surface area (Å²) < 4.78 is 0. The van der Waals surface area contributed by atoms with Gasteiger partial charge in [-0.1, -0.05) is 5.10 Å². The van der Waals surface area contributed by atoms with E-state index in [0.717, 1.165) is 0 Å². The Labute approximate surface area is 84.3 Å². The number of carbonyl (C=O) groups is 1. The Morgan fingerprint density at radius 2 is 2.40 bits per heavy atom. The topological polar surface area (TPSA) is 109 Å². The molecule has 1 aromatic rings. The van der Waals surface area contributed by atoms with Crippen LogP contribution in [-0.4, -0.2) is 26.2 Å². The molecular formula is C8H9N3O4. The predicted molar refractivity (Wildman–Crippen MR) is 48.2 cm³/mol. The summed E-state index contributed by atoms with van der Waals surface area (Å²) >= 11 is 0. The smallest absolute Gasteiger partial charge is 0.342 e. The van der Waals surface area contributed by atoms with Gasteiger partial charge in [-0.3, -0.25) is 4.79 Å². The first kappa shape index (κ1) is 9.63. The molecule has 15 heavy (non-hydrogen) atoms. The van der Waals surface area contributed by atoms with Crippen LogP contribution in [0.25, 0.3) is 0 Å². The molecule has 1 saturated carbocycles.